The van der Waals surface area contributed by atoms with Crippen LogP contribution in [0.2, 0.25) is 0 Å². The van der Waals surface area contributed by atoms with Crippen LogP contribution >= 0.6 is 11.3 Å². The maximum absolute atomic E-state index is 12.4. The highest BCUT2D eigenvalue weighted by Gasteiger charge is 2.27. The van der Waals surface area contributed by atoms with Gasteiger partial charge in [-0.05, 0) is 31.9 Å². The number of hydrogen-bond donors (Lipinski definition) is 0. The number of oxazole rings is 1. The largest absolute Gasteiger partial charge is 0.440 e. The smallest absolute Gasteiger partial charge is 0.228 e. The summed E-state index contributed by atoms with van der Waals surface area (Å²) >= 11 is 1.59. The lowest BCUT2D eigenvalue weighted by atomic mass is 9.96. The van der Waals surface area contributed by atoms with Gasteiger partial charge in [-0.2, -0.15) is 0 Å². The van der Waals surface area contributed by atoms with Crippen LogP contribution < -0.4 is 0 Å². The molecule has 0 spiro atoms. The van der Waals surface area contributed by atoms with Gasteiger partial charge in [0.1, 0.15) is 5.52 Å². The van der Waals surface area contributed by atoms with Gasteiger partial charge < -0.3 is 9.32 Å². The first-order chi connectivity index (χ1) is 11.7. The number of carbonyl (C=O) groups is 1. The van der Waals surface area contributed by atoms with Crippen LogP contribution in [0.5, 0.6) is 0 Å². The minimum atomic E-state index is 0.163. The number of piperidine rings is 1. The zero-order valence-corrected chi connectivity index (χ0v) is 14.4. The van der Waals surface area contributed by atoms with Gasteiger partial charge >= 0.3 is 0 Å². The second kappa shape index (κ2) is 6.36. The van der Waals surface area contributed by atoms with Gasteiger partial charge in [0.05, 0.1) is 17.1 Å². The molecule has 24 heavy (non-hydrogen) atoms. The Hall–Kier alpha value is -2.21. The summed E-state index contributed by atoms with van der Waals surface area (Å²) in [7, 11) is 0. The minimum Gasteiger partial charge on any atom is -0.440 e. The molecule has 4 rings (SSSR count). The molecule has 1 amide bonds. The number of thiazole rings is 1. The molecule has 2 aromatic heterocycles. The van der Waals surface area contributed by atoms with E-state index in [9.17, 15) is 4.79 Å². The highest BCUT2D eigenvalue weighted by atomic mass is 32.1. The molecule has 0 N–H and O–H groups in total. The van der Waals surface area contributed by atoms with Gasteiger partial charge in [-0.3, -0.25) is 4.79 Å². The lowest BCUT2D eigenvalue weighted by Crippen LogP contribution is -2.38. The molecular weight excluding hydrogens is 322 g/mol. The van der Waals surface area contributed by atoms with Gasteiger partial charge in [0.2, 0.25) is 5.91 Å². The van der Waals surface area contributed by atoms with Crippen molar-refractivity contribution >= 4 is 28.3 Å². The van der Waals surface area contributed by atoms with Gasteiger partial charge in [-0.1, -0.05) is 12.1 Å². The van der Waals surface area contributed by atoms with E-state index in [2.05, 4.69) is 9.97 Å². The molecule has 6 heteroatoms. The molecule has 1 fully saturated rings. The third-order valence-corrected chi connectivity index (χ3v) is 5.33. The summed E-state index contributed by atoms with van der Waals surface area (Å²) in [5, 5.41) is 2.98. The third kappa shape index (κ3) is 3.06. The predicted octanol–water partition coefficient (Wildman–Crippen LogP) is 3.54. The molecule has 3 heterocycles. The summed E-state index contributed by atoms with van der Waals surface area (Å²) in [4.78, 5) is 23.3. The summed E-state index contributed by atoms with van der Waals surface area (Å²) in [5.74, 6) is 1.26. The minimum absolute atomic E-state index is 0.163. The number of rotatable bonds is 3. The van der Waals surface area contributed by atoms with E-state index in [-0.39, 0.29) is 5.91 Å². The fourth-order valence-corrected chi connectivity index (χ4v) is 3.81. The number of nitrogens with zero attached hydrogens (tertiary/aromatic N) is 3. The first-order valence-electron chi connectivity index (χ1n) is 8.23. The van der Waals surface area contributed by atoms with Crippen molar-refractivity contribution in [2.75, 3.05) is 13.1 Å². The van der Waals surface area contributed by atoms with Crippen LogP contribution in [-0.2, 0) is 11.2 Å². The first-order valence-corrected chi connectivity index (χ1v) is 9.11. The number of aromatic nitrogens is 2. The maximum atomic E-state index is 12.4. The number of fused-ring (bicyclic) bond motifs is 1. The summed E-state index contributed by atoms with van der Waals surface area (Å²) in [6.45, 7) is 3.47. The average molecular weight is 341 g/mol. The van der Waals surface area contributed by atoms with Crippen molar-refractivity contribution in [2.24, 2.45) is 0 Å². The van der Waals surface area contributed by atoms with Crippen molar-refractivity contribution in [1.82, 2.24) is 14.9 Å². The summed E-state index contributed by atoms with van der Waals surface area (Å²) < 4.78 is 5.88. The second-order valence-electron chi connectivity index (χ2n) is 6.21. The Balaban J connectivity index is 1.38. The van der Waals surface area contributed by atoms with Crippen molar-refractivity contribution in [1.29, 1.82) is 0 Å². The first kappa shape index (κ1) is 15.3. The molecular formula is C18H19N3O2S. The standard InChI is InChI=1S/C18H19N3O2S/c1-12-19-14(11-24-12)10-17(22)21-8-6-13(7-9-21)18-20-15-4-2-3-5-16(15)23-18/h2-5,11,13H,6-10H2,1H3. The van der Waals surface area contributed by atoms with Crippen LogP contribution in [0, 0.1) is 6.92 Å². The highest BCUT2D eigenvalue weighted by Crippen LogP contribution is 2.30. The molecule has 1 aliphatic heterocycles. The van der Waals surface area contributed by atoms with Crippen molar-refractivity contribution in [3.05, 3.63) is 46.2 Å². The number of carbonyl (C=O) groups excluding carboxylic acids is 1. The predicted molar refractivity (Wildman–Crippen MR) is 93.1 cm³/mol. The Bertz CT molecular complexity index is 829. The van der Waals surface area contributed by atoms with E-state index in [1.165, 1.54) is 0 Å². The normalized spacial score (nSPS) is 16.0. The fourth-order valence-electron chi connectivity index (χ4n) is 3.20. The number of benzene rings is 1. The van der Waals surface area contributed by atoms with Crippen molar-refractivity contribution in [3.8, 4) is 0 Å². The molecule has 0 bridgehead atoms. The molecule has 0 unspecified atom stereocenters. The van der Waals surface area contributed by atoms with Crippen LogP contribution in [0.3, 0.4) is 0 Å². The molecule has 124 valence electrons. The lowest BCUT2D eigenvalue weighted by Gasteiger charge is -2.30. The van der Waals surface area contributed by atoms with Crippen LogP contribution in [0.15, 0.2) is 34.1 Å². The van der Waals surface area contributed by atoms with E-state index in [0.29, 0.717) is 12.3 Å². The van der Waals surface area contributed by atoms with E-state index in [4.69, 9.17) is 4.42 Å². The van der Waals surface area contributed by atoms with Crippen molar-refractivity contribution < 1.29 is 9.21 Å². The van der Waals surface area contributed by atoms with Gasteiger partial charge in [-0.25, -0.2) is 9.97 Å². The molecule has 1 saturated heterocycles. The Morgan fingerprint density at radius 2 is 2.08 bits per heavy atom. The van der Waals surface area contributed by atoms with Crippen molar-refractivity contribution in [3.63, 3.8) is 0 Å². The number of amides is 1. The molecule has 1 aliphatic rings. The van der Waals surface area contributed by atoms with Crippen LogP contribution in [0.25, 0.3) is 11.1 Å². The maximum Gasteiger partial charge on any atom is 0.228 e. The third-order valence-electron chi connectivity index (χ3n) is 4.51. The van der Waals surface area contributed by atoms with Crippen LogP contribution in [0.1, 0.15) is 35.4 Å². The van der Waals surface area contributed by atoms with Crippen LogP contribution in [0.4, 0.5) is 0 Å². The zero-order chi connectivity index (χ0) is 16.5. The molecule has 1 aromatic carbocycles. The number of likely N-dealkylation sites (tertiary alicyclic amines) is 1. The van der Waals surface area contributed by atoms with E-state index >= 15 is 0 Å². The summed E-state index contributed by atoms with van der Waals surface area (Å²) in [6.07, 6.45) is 2.20. The Kier molecular flexibility index (Phi) is 4.06. The number of hydrogen-bond acceptors (Lipinski definition) is 5. The lowest BCUT2D eigenvalue weighted by molar-refractivity contribution is -0.131. The van der Waals surface area contributed by atoms with Gasteiger partial charge in [-0.15, -0.1) is 11.3 Å². The molecule has 0 radical (unpaired) electrons. The van der Waals surface area contributed by atoms with Gasteiger partial charge in [0.25, 0.3) is 0 Å². The van der Waals surface area contributed by atoms with Crippen molar-refractivity contribution in [2.45, 2.75) is 32.1 Å². The van der Waals surface area contributed by atoms with E-state index < -0.39 is 0 Å². The van der Waals surface area contributed by atoms with E-state index in [1.807, 2.05) is 41.5 Å². The zero-order valence-electron chi connectivity index (χ0n) is 13.6. The average Bonchev–Trinajstić information content (AvgIpc) is 3.21. The Morgan fingerprint density at radius 1 is 1.29 bits per heavy atom. The monoisotopic (exact) mass is 341 g/mol. The highest BCUT2D eigenvalue weighted by molar-refractivity contribution is 7.09. The second-order valence-corrected chi connectivity index (χ2v) is 7.27. The van der Waals surface area contributed by atoms with Crippen LogP contribution in [-0.4, -0.2) is 33.9 Å². The molecule has 0 saturated carbocycles. The number of aryl methyl sites for hydroxylation is 1. The summed E-state index contributed by atoms with van der Waals surface area (Å²) in [6, 6.07) is 7.84. The Morgan fingerprint density at radius 3 is 2.79 bits per heavy atom. The number of para-hydroxylation sites is 2. The molecule has 0 aliphatic carbocycles. The quantitative estimate of drug-likeness (QED) is 0.731. The topological polar surface area (TPSA) is 59.2 Å². The Labute approximate surface area is 144 Å². The SMILES string of the molecule is Cc1nc(CC(=O)N2CCC(c3nc4ccccc4o3)CC2)cs1. The van der Waals surface area contributed by atoms with Gasteiger partial charge in [0.15, 0.2) is 11.5 Å². The van der Waals surface area contributed by atoms with E-state index in [0.717, 1.165) is 53.6 Å². The van der Waals surface area contributed by atoms with Gasteiger partial charge in [0, 0.05) is 24.4 Å². The molecule has 0 atom stereocenters. The summed E-state index contributed by atoms with van der Waals surface area (Å²) in [5.41, 5.74) is 2.62. The molecule has 5 nitrogen and oxygen atoms in total. The molecule has 3 aromatic rings. The van der Waals surface area contributed by atoms with E-state index in [1.54, 1.807) is 11.3 Å². The fraction of sp³-hybridized carbons (Fsp3) is 0.389.